The molecule has 2 heterocycles. The van der Waals surface area contributed by atoms with Crippen LogP contribution in [-0.2, 0) is 16.4 Å². The third-order valence-electron chi connectivity index (χ3n) is 3.70. The summed E-state index contributed by atoms with van der Waals surface area (Å²) in [5.41, 5.74) is 1.20. The molecule has 106 valence electrons. The molecule has 0 spiro atoms. The Kier molecular flexibility index (Phi) is 3.92. The summed E-state index contributed by atoms with van der Waals surface area (Å²) in [7, 11) is -3.31. The van der Waals surface area contributed by atoms with E-state index in [1.54, 1.807) is 16.4 Å². The van der Waals surface area contributed by atoms with Crippen LogP contribution < -0.4 is 0 Å². The highest BCUT2D eigenvalue weighted by molar-refractivity contribution is 7.91. The van der Waals surface area contributed by atoms with Gasteiger partial charge in [0.2, 0.25) is 0 Å². The molecule has 0 saturated carbocycles. The van der Waals surface area contributed by atoms with Gasteiger partial charge in [-0.1, -0.05) is 36.4 Å². The molecule has 1 aliphatic heterocycles. The van der Waals surface area contributed by atoms with Gasteiger partial charge < -0.3 is 0 Å². The zero-order chi connectivity index (χ0) is 14.0. The summed E-state index contributed by atoms with van der Waals surface area (Å²) in [6.07, 6.45) is 2.69. The number of benzene rings is 1. The maximum absolute atomic E-state index is 12.6. The average Bonchev–Trinajstić information content (AvgIpc) is 3.11. The number of hydrogen-bond acceptors (Lipinski definition) is 3. The zero-order valence-electron chi connectivity index (χ0n) is 11.1. The largest absolute Gasteiger partial charge is 0.252 e. The predicted octanol–water partition coefficient (Wildman–Crippen LogP) is 3.14. The molecule has 0 bridgehead atoms. The molecule has 0 amide bonds. The second kappa shape index (κ2) is 5.68. The van der Waals surface area contributed by atoms with Gasteiger partial charge in [0.05, 0.1) is 0 Å². The van der Waals surface area contributed by atoms with E-state index in [2.05, 4.69) is 12.1 Å². The lowest BCUT2D eigenvalue weighted by Gasteiger charge is -2.23. The Balaban J connectivity index is 1.83. The van der Waals surface area contributed by atoms with Gasteiger partial charge in [-0.05, 0) is 36.3 Å². The molecule has 3 rings (SSSR count). The van der Waals surface area contributed by atoms with Gasteiger partial charge in [0.1, 0.15) is 4.21 Å². The third kappa shape index (κ3) is 2.66. The standard InChI is InChI=1S/C15H17NO2S2/c17-20(18,15-9-5-11-19-15)16-10-4-8-14(16)12-13-6-2-1-3-7-13/h1-3,5-7,9,11,14H,4,8,10,12H2. The molecule has 1 saturated heterocycles. The molecule has 1 aromatic carbocycles. The highest BCUT2D eigenvalue weighted by Crippen LogP contribution is 2.30. The smallest absolute Gasteiger partial charge is 0.206 e. The fourth-order valence-corrected chi connectivity index (χ4v) is 5.55. The molecule has 1 aliphatic rings. The quantitative estimate of drug-likeness (QED) is 0.870. The second-order valence-electron chi connectivity index (χ2n) is 5.03. The van der Waals surface area contributed by atoms with E-state index in [0.29, 0.717) is 10.8 Å². The molecular weight excluding hydrogens is 290 g/mol. The normalized spacial score (nSPS) is 20.3. The lowest BCUT2D eigenvalue weighted by atomic mass is 10.1. The van der Waals surface area contributed by atoms with Gasteiger partial charge in [-0.3, -0.25) is 0 Å². The molecule has 20 heavy (non-hydrogen) atoms. The first-order chi connectivity index (χ1) is 9.68. The minimum atomic E-state index is -3.31. The molecule has 1 aromatic heterocycles. The fraction of sp³-hybridized carbons (Fsp3) is 0.333. The Morgan fingerprint density at radius 1 is 1.15 bits per heavy atom. The first-order valence-corrected chi connectivity index (χ1v) is 9.09. The van der Waals surface area contributed by atoms with Gasteiger partial charge in [-0.2, -0.15) is 4.31 Å². The van der Waals surface area contributed by atoms with Crippen LogP contribution in [0.5, 0.6) is 0 Å². The SMILES string of the molecule is O=S(=O)(c1cccs1)N1CCCC1Cc1ccccc1. The van der Waals surface area contributed by atoms with E-state index < -0.39 is 10.0 Å². The summed E-state index contributed by atoms with van der Waals surface area (Å²) in [5.74, 6) is 0. The van der Waals surface area contributed by atoms with Crippen LogP contribution >= 0.6 is 11.3 Å². The van der Waals surface area contributed by atoms with E-state index in [1.165, 1.54) is 16.9 Å². The van der Waals surface area contributed by atoms with Crippen molar-refractivity contribution < 1.29 is 8.42 Å². The van der Waals surface area contributed by atoms with E-state index in [4.69, 9.17) is 0 Å². The molecule has 0 radical (unpaired) electrons. The van der Waals surface area contributed by atoms with E-state index >= 15 is 0 Å². The van der Waals surface area contributed by atoms with Crippen molar-refractivity contribution in [2.75, 3.05) is 6.54 Å². The third-order valence-corrected chi connectivity index (χ3v) is 7.02. The van der Waals surface area contributed by atoms with Gasteiger partial charge in [0, 0.05) is 12.6 Å². The van der Waals surface area contributed by atoms with Crippen LogP contribution in [0.4, 0.5) is 0 Å². The number of sulfonamides is 1. The van der Waals surface area contributed by atoms with Gasteiger partial charge >= 0.3 is 0 Å². The Bertz CT molecular complexity index is 650. The van der Waals surface area contributed by atoms with Crippen molar-refractivity contribution in [2.45, 2.75) is 29.5 Å². The molecule has 3 nitrogen and oxygen atoms in total. The first-order valence-electron chi connectivity index (χ1n) is 6.77. The number of nitrogens with zero attached hydrogens (tertiary/aromatic N) is 1. The minimum Gasteiger partial charge on any atom is -0.206 e. The van der Waals surface area contributed by atoms with E-state index in [-0.39, 0.29) is 6.04 Å². The van der Waals surface area contributed by atoms with E-state index in [9.17, 15) is 8.42 Å². The van der Waals surface area contributed by atoms with Crippen molar-refractivity contribution in [2.24, 2.45) is 0 Å². The molecule has 0 aliphatic carbocycles. The maximum atomic E-state index is 12.6. The van der Waals surface area contributed by atoms with Crippen molar-refractivity contribution in [1.82, 2.24) is 4.31 Å². The molecule has 1 unspecified atom stereocenters. The number of hydrogen-bond donors (Lipinski definition) is 0. The predicted molar refractivity (Wildman–Crippen MR) is 81.4 cm³/mol. The zero-order valence-corrected chi connectivity index (χ0v) is 12.7. The Morgan fingerprint density at radius 2 is 1.95 bits per heavy atom. The molecule has 0 N–H and O–H groups in total. The topological polar surface area (TPSA) is 37.4 Å². The first kappa shape index (κ1) is 13.8. The van der Waals surface area contributed by atoms with Crippen LogP contribution in [0.3, 0.4) is 0 Å². The Morgan fingerprint density at radius 3 is 2.65 bits per heavy atom. The van der Waals surface area contributed by atoms with Crippen LogP contribution in [0.1, 0.15) is 18.4 Å². The van der Waals surface area contributed by atoms with E-state index in [1.807, 2.05) is 23.6 Å². The van der Waals surface area contributed by atoms with Gasteiger partial charge in [-0.15, -0.1) is 11.3 Å². The maximum Gasteiger partial charge on any atom is 0.252 e. The van der Waals surface area contributed by atoms with Gasteiger partial charge in [0.25, 0.3) is 10.0 Å². The fourth-order valence-electron chi connectivity index (χ4n) is 2.74. The average molecular weight is 307 g/mol. The van der Waals surface area contributed by atoms with Crippen molar-refractivity contribution in [3.05, 3.63) is 53.4 Å². The Labute approximate surface area is 123 Å². The lowest BCUT2D eigenvalue weighted by Crippen LogP contribution is -2.36. The summed E-state index contributed by atoms with van der Waals surface area (Å²) in [6.45, 7) is 0.637. The van der Waals surface area contributed by atoms with Crippen molar-refractivity contribution in [1.29, 1.82) is 0 Å². The van der Waals surface area contributed by atoms with Crippen LogP contribution in [0.15, 0.2) is 52.1 Å². The molecule has 5 heteroatoms. The summed E-state index contributed by atoms with van der Waals surface area (Å²) >= 11 is 1.30. The molecule has 1 fully saturated rings. The number of rotatable bonds is 4. The monoisotopic (exact) mass is 307 g/mol. The van der Waals surface area contributed by atoms with Crippen molar-refractivity contribution in [3.8, 4) is 0 Å². The second-order valence-corrected chi connectivity index (χ2v) is 8.10. The highest BCUT2D eigenvalue weighted by atomic mass is 32.2. The van der Waals surface area contributed by atoms with E-state index in [0.717, 1.165) is 19.3 Å². The van der Waals surface area contributed by atoms with Gasteiger partial charge in [0.15, 0.2) is 0 Å². The van der Waals surface area contributed by atoms with Crippen LogP contribution in [-0.4, -0.2) is 25.3 Å². The summed E-state index contributed by atoms with van der Waals surface area (Å²) < 4.78 is 27.4. The molecular formula is C15H17NO2S2. The minimum absolute atomic E-state index is 0.0875. The molecule has 1 atom stereocenters. The highest BCUT2D eigenvalue weighted by Gasteiger charge is 2.35. The van der Waals surface area contributed by atoms with Crippen LogP contribution in [0.25, 0.3) is 0 Å². The van der Waals surface area contributed by atoms with Gasteiger partial charge in [-0.25, -0.2) is 8.42 Å². The van der Waals surface area contributed by atoms with Crippen LogP contribution in [0.2, 0.25) is 0 Å². The van der Waals surface area contributed by atoms with Crippen molar-refractivity contribution >= 4 is 21.4 Å². The van der Waals surface area contributed by atoms with Crippen LogP contribution in [0, 0.1) is 0 Å². The number of thiophene rings is 1. The lowest BCUT2D eigenvalue weighted by molar-refractivity contribution is 0.386. The summed E-state index contributed by atoms with van der Waals surface area (Å²) in [6, 6.07) is 13.7. The summed E-state index contributed by atoms with van der Waals surface area (Å²) in [5, 5.41) is 1.81. The summed E-state index contributed by atoms with van der Waals surface area (Å²) in [4.78, 5) is 0. The Hall–Kier alpha value is -1.17. The molecule has 2 aromatic rings. The van der Waals surface area contributed by atoms with Crippen molar-refractivity contribution in [3.63, 3.8) is 0 Å².